The van der Waals surface area contributed by atoms with Crippen molar-refractivity contribution in [3.63, 3.8) is 0 Å². The molecule has 0 aromatic carbocycles. The second kappa shape index (κ2) is 9.15. The molecule has 5 nitrogen and oxygen atoms in total. The molecule has 6 heteroatoms. The average molecular weight is 292 g/mol. The second-order valence-electron chi connectivity index (χ2n) is 5.31. The van der Waals surface area contributed by atoms with Gasteiger partial charge in [-0.25, -0.2) is 0 Å². The first-order valence-electron chi connectivity index (χ1n) is 6.83. The molecule has 0 spiro atoms. The van der Waals surface area contributed by atoms with E-state index in [1.165, 1.54) is 37.0 Å². The van der Waals surface area contributed by atoms with E-state index < -0.39 is 11.9 Å². The van der Waals surface area contributed by atoms with Crippen LogP contribution in [0.15, 0.2) is 0 Å². The number of halogens is 1. The number of nitrogens with zero attached hydrogens (tertiary/aromatic N) is 1. The molecular formula is C13H26ClN3O2. The van der Waals surface area contributed by atoms with Crippen molar-refractivity contribution in [1.82, 2.24) is 4.90 Å². The van der Waals surface area contributed by atoms with Crippen molar-refractivity contribution in [3.05, 3.63) is 0 Å². The van der Waals surface area contributed by atoms with Gasteiger partial charge in [0.05, 0.1) is 12.6 Å². The highest BCUT2D eigenvalue weighted by molar-refractivity contribution is 5.86. The largest absolute Gasteiger partial charge is 0.368 e. The zero-order chi connectivity index (χ0) is 13.5. The number of nitrogens with two attached hydrogens (primary N) is 2. The van der Waals surface area contributed by atoms with Crippen LogP contribution in [0.1, 0.15) is 45.4 Å². The summed E-state index contributed by atoms with van der Waals surface area (Å²) < 4.78 is 0. The van der Waals surface area contributed by atoms with Crippen molar-refractivity contribution < 1.29 is 9.59 Å². The SMILES string of the molecule is C[C@@H](N)C(=O)N(CCC1CCCCC1)CC(N)=O.Cl. The van der Waals surface area contributed by atoms with Gasteiger partial charge in [0.1, 0.15) is 0 Å². The van der Waals surface area contributed by atoms with Gasteiger partial charge in [0.25, 0.3) is 0 Å². The van der Waals surface area contributed by atoms with Crippen molar-refractivity contribution in [2.75, 3.05) is 13.1 Å². The number of hydrogen-bond donors (Lipinski definition) is 2. The van der Waals surface area contributed by atoms with Crippen LogP contribution in [0.2, 0.25) is 0 Å². The lowest BCUT2D eigenvalue weighted by Crippen LogP contribution is -2.46. The molecule has 0 unspecified atom stereocenters. The van der Waals surface area contributed by atoms with Crippen LogP contribution in [0.5, 0.6) is 0 Å². The molecule has 0 aliphatic heterocycles. The minimum Gasteiger partial charge on any atom is -0.368 e. The summed E-state index contributed by atoms with van der Waals surface area (Å²) in [6.45, 7) is 2.21. The van der Waals surface area contributed by atoms with E-state index in [1.54, 1.807) is 6.92 Å². The normalized spacial score (nSPS) is 17.4. The Hall–Kier alpha value is -0.810. The van der Waals surface area contributed by atoms with Gasteiger partial charge in [-0.1, -0.05) is 32.1 Å². The third-order valence-corrected chi connectivity index (χ3v) is 3.58. The van der Waals surface area contributed by atoms with Crippen LogP contribution in [0, 0.1) is 5.92 Å². The van der Waals surface area contributed by atoms with Crippen LogP contribution in [0.4, 0.5) is 0 Å². The van der Waals surface area contributed by atoms with Crippen molar-refractivity contribution >= 4 is 24.2 Å². The number of carbonyl (C=O) groups is 2. The quantitative estimate of drug-likeness (QED) is 0.766. The van der Waals surface area contributed by atoms with Crippen LogP contribution >= 0.6 is 12.4 Å². The Bertz CT molecular complexity index is 292. The molecule has 0 bridgehead atoms. The lowest BCUT2D eigenvalue weighted by Gasteiger charge is -2.27. The fourth-order valence-electron chi connectivity index (χ4n) is 2.56. The van der Waals surface area contributed by atoms with Gasteiger partial charge in [-0.15, -0.1) is 12.4 Å². The minimum absolute atomic E-state index is 0. The fraction of sp³-hybridized carbons (Fsp3) is 0.846. The monoisotopic (exact) mass is 291 g/mol. The van der Waals surface area contributed by atoms with Crippen molar-refractivity contribution in [2.45, 2.75) is 51.5 Å². The van der Waals surface area contributed by atoms with Gasteiger partial charge in [-0.3, -0.25) is 9.59 Å². The zero-order valence-electron chi connectivity index (χ0n) is 11.6. The molecule has 4 N–H and O–H groups in total. The number of primary amides is 1. The van der Waals surface area contributed by atoms with Crippen LogP contribution in [0.25, 0.3) is 0 Å². The number of rotatable bonds is 6. The van der Waals surface area contributed by atoms with Gasteiger partial charge in [-0.05, 0) is 19.3 Å². The van der Waals surface area contributed by atoms with E-state index in [1.807, 2.05) is 0 Å². The lowest BCUT2D eigenvalue weighted by atomic mass is 9.87. The van der Waals surface area contributed by atoms with E-state index in [0.29, 0.717) is 12.5 Å². The molecule has 1 fully saturated rings. The smallest absolute Gasteiger partial charge is 0.239 e. The number of amides is 2. The second-order valence-corrected chi connectivity index (χ2v) is 5.31. The highest BCUT2D eigenvalue weighted by Gasteiger charge is 2.21. The standard InChI is InChI=1S/C13H25N3O2.ClH/c1-10(14)13(18)16(9-12(15)17)8-7-11-5-3-2-4-6-11;/h10-11H,2-9,14H2,1H3,(H2,15,17);1H/t10-;/m1./s1. The fourth-order valence-corrected chi connectivity index (χ4v) is 2.56. The summed E-state index contributed by atoms with van der Waals surface area (Å²) in [5.74, 6) is 0.00672. The summed E-state index contributed by atoms with van der Waals surface area (Å²) in [5, 5.41) is 0. The molecule has 0 radical (unpaired) electrons. The van der Waals surface area contributed by atoms with E-state index in [9.17, 15) is 9.59 Å². The molecule has 0 aromatic heterocycles. The lowest BCUT2D eigenvalue weighted by molar-refractivity contribution is -0.136. The Balaban J connectivity index is 0.00000324. The first-order valence-corrected chi connectivity index (χ1v) is 6.83. The molecule has 1 rings (SSSR count). The molecule has 1 aliphatic carbocycles. The summed E-state index contributed by atoms with van der Waals surface area (Å²) in [6, 6.07) is -0.573. The molecular weight excluding hydrogens is 266 g/mol. The van der Waals surface area contributed by atoms with E-state index >= 15 is 0 Å². The molecule has 0 heterocycles. The molecule has 112 valence electrons. The molecule has 2 amide bonds. The van der Waals surface area contributed by atoms with Gasteiger partial charge in [0, 0.05) is 6.54 Å². The molecule has 1 saturated carbocycles. The number of hydrogen-bond acceptors (Lipinski definition) is 3. The summed E-state index contributed by atoms with van der Waals surface area (Å²) >= 11 is 0. The summed E-state index contributed by atoms with van der Waals surface area (Å²) in [7, 11) is 0. The van der Waals surface area contributed by atoms with E-state index in [2.05, 4.69) is 0 Å². The highest BCUT2D eigenvalue weighted by atomic mass is 35.5. The molecule has 1 aliphatic rings. The van der Waals surface area contributed by atoms with Crippen LogP contribution in [-0.2, 0) is 9.59 Å². The Morgan fingerprint density at radius 3 is 2.32 bits per heavy atom. The first kappa shape index (κ1) is 18.2. The van der Waals surface area contributed by atoms with Crippen LogP contribution < -0.4 is 11.5 Å². The zero-order valence-corrected chi connectivity index (χ0v) is 12.5. The minimum atomic E-state index is -0.573. The number of carbonyl (C=O) groups excluding carboxylic acids is 2. The molecule has 19 heavy (non-hydrogen) atoms. The van der Waals surface area contributed by atoms with Crippen LogP contribution in [0.3, 0.4) is 0 Å². The van der Waals surface area contributed by atoms with Gasteiger partial charge in [-0.2, -0.15) is 0 Å². The maximum atomic E-state index is 11.8. The third-order valence-electron chi connectivity index (χ3n) is 3.58. The Morgan fingerprint density at radius 1 is 1.26 bits per heavy atom. The Morgan fingerprint density at radius 2 is 1.84 bits per heavy atom. The summed E-state index contributed by atoms with van der Waals surface area (Å²) in [6.07, 6.45) is 7.29. The van der Waals surface area contributed by atoms with E-state index in [0.717, 1.165) is 6.42 Å². The Labute approximate surface area is 121 Å². The van der Waals surface area contributed by atoms with E-state index in [-0.39, 0.29) is 24.9 Å². The van der Waals surface area contributed by atoms with Crippen molar-refractivity contribution in [1.29, 1.82) is 0 Å². The Kier molecular flexibility index (Phi) is 8.76. The average Bonchev–Trinajstić information content (AvgIpc) is 2.34. The van der Waals surface area contributed by atoms with Gasteiger partial charge < -0.3 is 16.4 Å². The maximum Gasteiger partial charge on any atom is 0.239 e. The topological polar surface area (TPSA) is 89.4 Å². The van der Waals surface area contributed by atoms with E-state index in [4.69, 9.17) is 11.5 Å². The van der Waals surface area contributed by atoms with Gasteiger partial charge in [0.2, 0.25) is 11.8 Å². The first-order chi connectivity index (χ1) is 8.50. The maximum absolute atomic E-state index is 11.8. The van der Waals surface area contributed by atoms with Crippen LogP contribution in [-0.4, -0.2) is 35.8 Å². The molecule has 0 aromatic rings. The predicted molar refractivity (Wildman–Crippen MR) is 77.9 cm³/mol. The van der Waals surface area contributed by atoms with Crippen molar-refractivity contribution in [2.24, 2.45) is 17.4 Å². The highest BCUT2D eigenvalue weighted by Crippen LogP contribution is 2.26. The molecule has 1 atom stereocenters. The summed E-state index contributed by atoms with van der Waals surface area (Å²) in [4.78, 5) is 24.3. The van der Waals surface area contributed by atoms with Crippen molar-refractivity contribution in [3.8, 4) is 0 Å². The predicted octanol–water partition coefficient (Wildman–Crippen LogP) is 1.04. The third kappa shape index (κ3) is 6.78. The summed E-state index contributed by atoms with van der Waals surface area (Å²) in [5.41, 5.74) is 10.7. The molecule has 0 saturated heterocycles. The van der Waals surface area contributed by atoms with Gasteiger partial charge >= 0.3 is 0 Å². The van der Waals surface area contributed by atoms with Gasteiger partial charge in [0.15, 0.2) is 0 Å².